The van der Waals surface area contributed by atoms with Crippen molar-refractivity contribution < 1.29 is 4.39 Å². The van der Waals surface area contributed by atoms with Crippen molar-refractivity contribution >= 4 is 11.6 Å². The zero-order valence-corrected chi connectivity index (χ0v) is 11.9. The average Bonchev–Trinajstić information content (AvgIpc) is 2.33. The molecule has 3 heteroatoms. The van der Waals surface area contributed by atoms with E-state index in [2.05, 4.69) is 18.8 Å². The van der Waals surface area contributed by atoms with E-state index in [0.29, 0.717) is 10.6 Å². The van der Waals surface area contributed by atoms with Gasteiger partial charge in [0.05, 0.1) is 11.2 Å². The highest BCUT2D eigenvalue weighted by molar-refractivity contribution is 6.31. The molecule has 0 aliphatic rings. The van der Waals surface area contributed by atoms with Crippen LogP contribution in [0.3, 0.4) is 0 Å². The Labute approximate surface area is 109 Å². The second-order valence-corrected chi connectivity index (χ2v) is 4.55. The van der Waals surface area contributed by atoms with Gasteiger partial charge in [-0.25, -0.2) is 4.39 Å². The summed E-state index contributed by atoms with van der Waals surface area (Å²) in [4.78, 5) is 3.54. The number of hydrogen-bond donors (Lipinski definition) is 0. The van der Waals surface area contributed by atoms with E-state index in [4.69, 9.17) is 11.6 Å². The number of aromatic nitrogens is 1. The number of rotatable bonds is 5. The zero-order valence-electron chi connectivity index (χ0n) is 11.1. The molecule has 0 N–H and O–H groups in total. The number of halogens is 2. The van der Waals surface area contributed by atoms with Gasteiger partial charge >= 0.3 is 0 Å². The topological polar surface area (TPSA) is 12.9 Å². The van der Waals surface area contributed by atoms with Gasteiger partial charge in [0.1, 0.15) is 5.82 Å². The predicted molar refractivity (Wildman–Crippen MR) is 73.0 cm³/mol. The monoisotopic (exact) mass is 259 g/mol. The van der Waals surface area contributed by atoms with Crippen molar-refractivity contribution in [2.24, 2.45) is 0 Å². The van der Waals surface area contributed by atoms with Crippen molar-refractivity contribution in [3.05, 3.63) is 28.8 Å². The standard InChI is InChI=1S/C8H18.C6H5ClFN/c1-3-5-7-8-6-4-2;1-4-5(7)2-9-3-6(4)8/h3-8H2,1-2H3;2-3H,1H3. The van der Waals surface area contributed by atoms with Crippen molar-refractivity contribution in [2.45, 2.75) is 59.3 Å². The molecule has 1 nitrogen and oxygen atoms in total. The van der Waals surface area contributed by atoms with Crippen LogP contribution in [0, 0.1) is 12.7 Å². The van der Waals surface area contributed by atoms with E-state index >= 15 is 0 Å². The highest BCUT2D eigenvalue weighted by Crippen LogP contribution is 2.14. The van der Waals surface area contributed by atoms with Gasteiger partial charge in [-0.15, -0.1) is 0 Å². The van der Waals surface area contributed by atoms with Crippen LogP contribution in [0.15, 0.2) is 12.4 Å². The van der Waals surface area contributed by atoms with Gasteiger partial charge in [0.2, 0.25) is 0 Å². The van der Waals surface area contributed by atoms with E-state index in [1.807, 2.05) is 0 Å². The molecule has 0 saturated carbocycles. The Bertz CT molecular complexity index is 276. The normalized spacial score (nSPS) is 9.71. The quantitative estimate of drug-likeness (QED) is 0.632. The van der Waals surface area contributed by atoms with Gasteiger partial charge in [0, 0.05) is 11.8 Å². The Hall–Kier alpha value is -0.630. The van der Waals surface area contributed by atoms with E-state index in [9.17, 15) is 4.39 Å². The molecule has 0 aliphatic carbocycles. The summed E-state index contributed by atoms with van der Waals surface area (Å²) in [5, 5.41) is 0.370. The van der Waals surface area contributed by atoms with Crippen molar-refractivity contribution in [1.82, 2.24) is 4.98 Å². The second kappa shape index (κ2) is 10.5. The van der Waals surface area contributed by atoms with Crippen LogP contribution in [-0.2, 0) is 0 Å². The molecule has 1 aromatic rings. The molecule has 1 aromatic heterocycles. The summed E-state index contributed by atoms with van der Waals surface area (Å²) >= 11 is 5.51. The maximum absolute atomic E-state index is 12.4. The van der Waals surface area contributed by atoms with Gasteiger partial charge in [-0.2, -0.15) is 0 Å². The first-order valence-corrected chi connectivity index (χ1v) is 6.76. The largest absolute Gasteiger partial charge is 0.260 e. The molecule has 1 rings (SSSR count). The Morgan fingerprint density at radius 2 is 1.59 bits per heavy atom. The van der Waals surface area contributed by atoms with Crippen LogP contribution >= 0.6 is 11.6 Å². The second-order valence-electron chi connectivity index (χ2n) is 4.14. The molecule has 17 heavy (non-hydrogen) atoms. The third-order valence-electron chi connectivity index (χ3n) is 2.55. The first kappa shape index (κ1) is 16.4. The van der Waals surface area contributed by atoms with Gasteiger partial charge in [-0.05, 0) is 6.92 Å². The van der Waals surface area contributed by atoms with Gasteiger partial charge in [-0.3, -0.25) is 4.98 Å². The summed E-state index contributed by atoms with van der Waals surface area (Å²) < 4.78 is 12.4. The van der Waals surface area contributed by atoms with Gasteiger partial charge in [0.15, 0.2) is 0 Å². The molecule has 0 spiro atoms. The lowest BCUT2D eigenvalue weighted by atomic mass is 10.1. The minimum absolute atomic E-state index is 0.359. The van der Waals surface area contributed by atoms with Crippen LogP contribution < -0.4 is 0 Å². The summed E-state index contributed by atoms with van der Waals surface area (Å²) in [6.45, 7) is 6.12. The van der Waals surface area contributed by atoms with E-state index in [1.165, 1.54) is 44.7 Å². The van der Waals surface area contributed by atoms with Crippen LogP contribution in [0.2, 0.25) is 5.02 Å². The van der Waals surface area contributed by atoms with Crippen molar-refractivity contribution in [1.29, 1.82) is 0 Å². The summed E-state index contributed by atoms with van der Waals surface area (Å²) in [5.41, 5.74) is 0.451. The van der Waals surface area contributed by atoms with E-state index in [1.54, 1.807) is 6.92 Å². The van der Waals surface area contributed by atoms with Crippen LogP contribution in [0.4, 0.5) is 4.39 Å². The molecular formula is C14H23ClFN. The molecule has 0 aromatic carbocycles. The summed E-state index contributed by atoms with van der Waals surface area (Å²) in [6.07, 6.45) is 11.0. The van der Waals surface area contributed by atoms with Crippen LogP contribution in [0.25, 0.3) is 0 Å². The molecule has 0 unspecified atom stereocenters. The summed E-state index contributed by atoms with van der Waals surface area (Å²) in [6, 6.07) is 0. The van der Waals surface area contributed by atoms with Crippen LogP contribution in [0.1, 0.15) is 57.9 Å². The lowest BCUT2D eigenvalue weighted by Crippen LogP contribution is -1.83. The van der Waals surface area contributed by atoms with Gasteiger partial charge in [-0.1, -0.05) is 64.0 Å². The highest BCUT2D eigenvalue weighted by atomic mass is 35.5. The molecule has 0 bridgehead atoms. The molecule has 0 atom stereocenters. The Balaban J connectivity index is 0.000000304. The Morgan fingerprint density at radius 1 is 1.06 bits per heavy atom. The number of nitrogens with zero attached hydrogens (tertiary/aromatic N) is 1. The van der Waals surface area contributed by atoms with Crippen LogP contribution in [0.5, 0.6) is 0 Å². The van der Waals surface area contributed by atoms with E-state index < -0.39 is 0 Å². The third kappa shape index (κ3) is 8.14. The molecule has 0 saturated heterocycles. The first-order chi connectivity index (χ1) is 8.13. The molecule has 98 valence electrons. The zero-order chi connectivity index (χ0) is 13.1. The van der Waals surface area contributed by atoms with Gasteiger partial charge in [0.25, 0.3) is 0 Å². The molecule has 0 amide bonds. The number of pyridine rings is 1. The fraction of sp³-hybridized carbons (Fsp3) is 0.643. The molecule has 1 heterocycles. The molecule has 0 fully saturated rings. The fourth-order valence-electron chi connectivity index (χ4n) is 1.33. The maximum Gasteiger partial charge on any atom is 0.145 e. The Kier molecular flexibility index (Phi) is 10.1. The lowest BCUT2D eigenvalue weighted by molar-refractivity contribution is 0.612. The summed E-state index contributed by atoms with van der Waals surface area (Å²) in [5.74, 6) is -0.359. The van der Waals surface area contributed by atoms with E-state index in [0.717, 1.165) is 6.20 Å². The van der Waals surface area contributed by atoms with E-state index in [-0.39, 0.29) is 5.82 Å². The molecule has 0 aliphatic heterocycles. The Morgan fingerprint density at radius 3 is 1.94 bits per heavy atom. The minimum Gasteiger partial charge on any atom is -0.260 e. The predicted octanol–water partition coefficient (Wildman–Crippen LogP) is 5.55. The number of hydrogen-bond acceptors (Lipinski definition) is 1. The van der Waals surface area contributed by atoms with Crippen molar-refractivity contribution in [3.63, 3.8) is 0 Å². The maximum atomic E-state index is 12.4. The third-order valence-corrected chi connectivity index (χ3v) is 2.93. The smallest absolute Gasteiger partial charge is 0.145 e. The molecular weight excluding hydrogens is 237 g/mol. The average molecular weight is 260 g/mol. The fourth-order valence-corrected chi connectivity index (χ4v) is 1.48. The number of unbranched alkanes of at least 4 members (excludes halogenated alkanes) is 5. The minimum atomic E-state index is -0.359. The van der Waals surface area contributed by atoms with Crippen LogP contribution in [-0.4, -0.2) is 4.98 Å². The lowest BCUT2D eigenvalue weighted by Gasteiger charge is -1.94. The van der Waals surface area contributed by atoms with Gasteiger partial charge < -0.3 is 0 Å². The molecule has 0 radical (unpaired) electrons. The van der Waals surface area contributed by atoms with Crippen molar-refractivity contribution in [2.75, 3.05) is 0 Å². The van der Waals surface area contributed by atoms with Crippen molar-refractivity contribution in [3.8, 4) is 0 Å². The first-order valence-electron chi connectivity index (χ1n) is 6.39. The summed E-state index contributed by atoms with van der Waals surface area (Å²) in [7, 11) is 0. The SMILES string of the molecule is CCCCCCCC.Cc1c(F)cncc1Cl. The highest BCUT2D eigenvalue weighted by Gasteiger charge is 1.99.